The Bertz CT molecular complexity index is 520. The van der Waals surface area contributed by atoms with Gasteiger partial charge in [-0.05, 0) is 42.1 Å². The average molecular weight is 250 g/mol. The maximum absolute atomic E-state index is 13.0. The SMILES string of the molecule is Cc1cc(OCC(=O)c2cccs2)ccc1F. The molecule has 4 heteroatoms. The Kier molecular flexibility index (Phi) is 3.54. The normalized spacial score (nSPS) is 10.2. The van der Waals surface area contributed by atoms with Crippen LogP contribution in [0.3, 0.4) is 0 Å². The average Bonchev–Trinajstić information content (AvgIpc) is 2.84. The zero-order valence-corrected chi connectivity index (χ0v) is 10.1. The fraction of sp³-hybridized carbons (Fsp3) is 0.154. The molecule has 17 heavy (non-hydrogen) atoms. The molecule has 0 aliphatic heterocycles. The zero-order chi connectivity index (χ0) is 12.3. The van der Waals surface area contributed by atoms with Gasteiger partial charge in [0, 0.05) is 0 Å². The molecule has 2 nitrogen and oxygen atoms in total. The number of rotatable bonds is 4. The van der Waals surface area contributed by atoms with Crippen molar-refractivity contribution in [2.24, 2.45) is 0 Å². The van der Waals surface area contributed by atoms with Gasteiger partial charge >= 0.3 is 0 Å². The minimum Gasteiger partial charge on any atom is -0.485 e. The quantitative estimate of drug-likeness (QED) is 0.777. The molecule has 0 saturated heterocycles. The van der Waals surface area contributed by atoms with E-state index in [0.717, 1.165) is 0 Å². The summed E-state index contributed by atoms with van der Waals surface area (Å²) >= 11 is 1.38. The van der Waals surface area contributed by atoms with E-state index in [-0.39, 0.29) is 18.2 Å². The maximum atomic E-state index is 13.0. The molecular formula is C13H11FO2S. The number of thiophene rings is 1. The summed E-state index contributed by atoms with van der Waals surface area (Å²) in [5, 5.41) is 1.84. The van der Waals surface area contributed by atoms with Crippen molar-refractivity contribution in [3.05, 3.63) is 52.0 Å². The molecule has 0 aliphatic rings. The first-order valence-corrected chi connectivity index (χ1v) is 6.00. The molecule has 0 radical (unpaired) electrons. The van der Waals surface area contributed by atoms with Crippen LogP contribution in [0.1, 0.15) is 15.2 Å². The molecular weight excluding hydrogens is 239 g/mol. The van der Waals surface area contributed by atoms with E-state index in [1.807, 2.05) is 11.4 Å². The van der Waals surface area contributed by atoms with Crippen molar-refractivity contribution in [1.82, 2.24) is 0 Å². The first-order chi connectivity index (χ1) is 8.16. The van der Waals surface area contributed by atoms with Crippen LogP contribution in [0.4, 0.5) is 4.39 Å². The lowest BCUT2D eigenvalue weighted by Gasteiger charge is -2.05. The molecule has 0 N–H and O–H groups in total. The van der Waals surface area contributed by atoms with E-state index < -0.39 is 0 Å². The summed E-state index contributed by atoms with van der Waals surface area (Å²) in [5.41, 5.74) is 0.506. The van der Waals surface area contributed by atoms with E-state index in [0.29, 0.717) is 16.2 Å². The van der Waals surface area contributed by atoms with E-state index >= 15 is 0 Å². The van der Waals surface area contributed by atoms with Gasteiger partial charge < -0.3 is 4.74 Å². The van der Waals surface area contributed by atoms with Crippen LogP contribution in [-0.4, -0.2) is 12.4 Å². The monoisotopic (exact) mass is 250 g/mol. The fourth-order valence-corrected chi connectivity index (χ4v) is 2.02. The number of Topliss-reactive ketones (excluding diaryl/α,β-unsaturated/α-hetero) is 1. The topological polar surface area (TPSA) is 26.3 Å². The Balaban J connectivity index is 1.98. The second-order valence-corrected chi connectivity index (χ2v) is 4.55. The number of aryl methyl sites for hydroxylation is 1. The molecule has 1 aromatic heterocycles. The summed E-state index contributed by atoms with van der Waals surface area (Å²) < 4.78 is 18.3. The van der Waals surface area contributed by atoms with Crippen LogP contribution in [0.25, 0.3) is 0 Å². The van der Waals surface area contributed by atoms with Crippen molar-refractivity contribution in [3.63, 3.8) is 0 Å². The van der Waals surface area contributed by atoms with Crippen LogP contribution in [0.2, 0.25) is 0 Å². The zero-order valence-electron chi connectivity index (χ0n) is 9.27. The fourth-order valence-electron chi connectivity index (χ4n) is 1.36. The standard InChI is InChI=1S/C13H11FO2S/c1-9-7-10(4-5-11(9)14)16-8-12(15)13-3-2-6-17-13/h2-7H,8H2,1H3. The predicted molar refractivity (Wildman–Crippen MR) is 65.3 cm³/mol. The van der Waals surface area contributed by atoms with Crippen LogP contribution >= 0.6 is 11.3 Å². The highest BCUT2D eigenvalue weighted by Gasteiger charge is 2.08. The Morgan fingerprint density at radius 3 is 2.88 bits per heavy atom. The lowest BCUT2D eigenvalue weighted by atomic mass is 10.2. The molecule has 0 saturated carbocycles. The number of hydrogen-bond donors (Lipinski definition) is 0. The third-order valence-corrected chi connectivity index (χ3v) is 3.21. The van der Waals surface area contributed by atoms with E-state index in [2.05, 4.69) is 0 Å². The summed E-state index contributed by atoms with van der Waals surface area (Å²) in [5.74, 6) is 0.165. The van der Waals surface area contributed by atoms with Gasteiger partial charge in [-0.25, -0.2) is 4.39 Å². The summed E-state index contributed by atoms with van der Waals surface area (Å²) in [6.07, 6.45) is 0. The van der Waals surface area contributed by atoms with Gasteiger partial charge in [-0.15, -0.1) is 11.3 Å². The van der Waals surface area contributed by atoms with Gasteiger partial charge in [-0.1, -0.05) is 6.07 Å². The predicted octanol–water partition coefficient (Wildman–Crippen LogP) is 3.46. The second kappa shape index (κ2) is 5.10. The Morgan fingerprint density at radius 1 is 1.41 bits per heavy atom. The summed E-state index contributed by atoms with van der Waals surface area (Å²) in [6.45, 7) is 1.63. The number of benzene rings is 1. The van der Waals surface area contributed by atoms with Gasteiger partial charge in [0.1, 0.15) is 11.6 Å². The van der Waals surface area contributed by atoms with Crippen LogP contribution < -0.4 is 4.74 Å². The van der Waals surface area contributed by atoms with Crippen molar-refractivity contribution in [1.29, 1.82) is 0 Å². The van der Waals surface area contributed by atoms with E-state index in [1.54, 1.807) is 19.1 Å². The first kappa shape index (κ1) is 11.8. The number of hydrogen-bond acceptors (Lipinski definition) is 3. The molecule has 2 aromatic rings. The van der Waals surface area contributed by atoms with Crippen molar-refractivity contribution in [2.45, 2.75) is 6.92 Å². The van der Waals surface area contributed by atoms with Crippen molar-refractivity contribution in [2.75, 3.05) is 6.61 Å². The molecule has 0 unspecified atom stereocenters. The minimum absolute atomic E-state index is 0.0222. The molecule has 0 atom stereocenters. The highest BCUT2D eigenvalue weighted by atomic mass is 32.1. The molecule has 0 aliphatic carbocycles. The minimum atomic E-state index is -0.276. The van der Waals surface area contributed by atoms with Crippen LogP contribution in [0.15, 0.2) is 35.7 Å². The third-order valence-electron chi connectivity index (χ3n) is 2.30. The van der Waals surface area contributed by atoms with Gasteiger partial charge in [-0.3, -0.25) is 4.79 Å². The van der Waals surface area contributed by atoms with E-state index in [1.165, 1.54) is 23.5 Å². The van der Waals surface area contributed by atoms with Crippen LogP contribution in [0.5, 0.6) is 5.75 Å². The Hall–Kier alpha value is -1.68. The van der Waals surface area contributed by atoms with E-state index in [9.17, 15) is 9.18 Å². The number of carbonyl (C=O) groups is 1. The highest BCUT2D eigenvalue weighted by Crippen LogP contribution is 2.17. The van der Waals surface area contributed by atoms with Gasteiger partial charge in [-0.2, -0.15) is 0 Å². The van der Waals surface area contributed by atoms with E-state index in [4.69, 9.17) is 4.74 Å². The largest absolute Gasteiger partial charge is 0.485 e. The maximum Gasteiger partial charge on any atom is 0.210 e. The van der Waals surface area contributed by atoms with Gasteiger partial charge in [0.15, 0.2) is 6.61 Å². The van der Waals surface area contributed by atoms with Gasteiger partial charge in [0.2, 0.25) is 5.78 Å². The van der Waals surface area contributed by atoms with Crippen LogP contribution in [-0.2, 0) is 0 Å². The van der Waals surface area contributed by atoms with Crippen molar-refractivity contribution >= 4 is 17.1 Å². The number of ketones is 1. The highest BCUT2D eigenvalue weighted by molar-refractivity contribution is 7.12. The molecule has 1 aromatic carbocycles. The molecule has 1 heterocycles. The second-order valence-electron chi connectivity index (χ2n) is 3.60. The number of ether oxygens (including phenoxy) is 1. The van der Waals surface area contributed by atoms with Crippen LogP contribution in [0, 0.1) is 12.7 Å². The summed E-state index contributed by atoms with van der Waals surface area (Å²) in [7, 11) is 0. The van der Waals surface area contributed by atoms with Crippen molar-refractivity contribution in [3.8, 4) is 5.75 Å². The third kappa shape index (κ3) is 2.91. The summed E-state index contributed by atoms with van der Waals surface area (Å²) in [4.78, 5) is 12.3. The number of carbonyl (C=O) groups excluding carboxylic acids is 1. The Morgan fingerprint density at radius 2 is 2.24 bits per heavy atom. The molecule has 0 fully saturated rings. The molecule has 0 spiro atoms. The lowest BCUT2D eigenvalue weighted by molar-refractivity contribution is 0.0925. The Labute approximate surface area is 103 Å². The van der Waals surface area contributed by atoms with Crippen molar-refractivity contribution < 1.29 is 13.9 Å². The van der Waals surface area contributed by atoms with Gasteiger partial charge in [0.25, 0.3) is 0 Å². The first-order valence-electron chi connectivity index (χ1n) is 5.12. The molecule has 2 rings (SSSR count). The molecule has 0 bridgehead atoms. The molecule has 0 amide bonds. The van der Waals surface area contributed by atoms with Gasteiger partial charge in [0.05, 0.1) is 4.88 Å². The smallest absolute Gasteiger partial charge is 0.210 e. The lowest BCUT2D eigenvalue weighted by Crippen LogP contribution is -2.10. The molecule has 88 valence electrons. The summed E-state index contributed by atoms with van der Waals surface area (Å²) in [6, 6.07) is 8.01. The number of halogens is 1.